The van der Waals surface area contributed by atoms with E-state index in [1.54, 1.807) is 17.2 Å². The number of carbonyl (C=O) groups is 2. The molecule has 1 aliphatic carbocycles. The van der Waals surface area contributed by atoms with Gasteiger partial charge in [0.05, 0.1) is 0 Å². The highest BCUT2D eigenvalue weighted by molar-refractivity contribution is 5.91. The molecule has 2 amide bonds. The zero-order chi connectivity index (χ0) is 20.9. The molecule has 5 rings (SSSR count). The molecule has 0 bridgehead atoms. The van der Waals surface area contributed by atoms with Gasteiger partial charge in [0, 0.05) is 44.0 Å². The predicted octanol–water partition coefficient (Wildman–Crippen LogP) is 2.91. The number of hydrogen-bond acceptors (Lipinski definition) is 4. The molecule has 30 heavy (non-hydrogen) atoms. The van der Waals surface area contributed by atoms with Gasteiger partial charge in [0.25, 0.3) is 5.91 Å². The van der Waals surface area contributed by atoms with Crippen LogP contribution in [0.25, 0.3) is 11.1 Å². The minimum atomic E-state index is -0.791. The van der Waals surface area contributed by atoms with E-state index in [2.05, 4.69) is 28.1 Å². The number of piperidine rings is 1. The highest BCUT2D eigenvalue weighted by atomic mass is 16.4. The fraction of sp³-hybridized carbons (Fsp3) is 0.435. The molecule has 1 atom stereocenters. The van der Waals surface area contributed by atoms with Crippen LogP contribution in [0.5, 0.6) is 0 Å². The van der Waals surface area contributed by atoms with Crippen molar-refractivity contribution in [2.45, 2.75) is 31.7 Å². The fourth-order valence-electron chi connectivity index (χ4n) is 5.39. The summed E-state index contributed by atoms with van der Waals surface area (Å²) in [7, 11) is 0. The highest BCUT2D eigenvalue weighted by Gasteiger charge is 2.48. The van der Waals surface area contributed by atoms with E-state index in [1.807, 2.05) is 6.07 Å². The molecule has 156 valence electrons. The van der Waals surface area contributed by atoms with E-state index in [-0.39, 0.29) is 5.69 Å². The molecular formula is C23H26N4O3. The Kier molecular flexibility index (Phi) is 4.50. The van der Waals surface area contributed by atoms with Crippen LogP contribution in [-0.4, -0.2) is 58.1 Å². The third-order valence-corrected chi connectivity index (χ3v) is 7.15. The number of aryl methyl sites for hydroxylation is 1. The quantitative estimate of drug-likeness (QED) is 0.816. The Bertz CT molecular complexity index is 988. The Morgan fingerprint density at radius 2 is 1.83 bits per heavy atom. The van der Waals surface area contributed by atoms with Gasteiger partial charge in [-0.15, -0.1) is 0 Å². The highest BCUT2D eigenvalue weighted by Crippen LogP contribution is 2.48. The number of pyridine rings is 1. The second-order valence-electron chi connectivity index (χ2n) is 8.94. The van der Waals surface area contributed by atoms with Crippen LogP contribution in [0, 0.1) is 5.41 Å². The molecule has 1 spiro atoms. The molecule has 7 heteroatoms. The molecule has 3 heterocycles. The maximum Gasteiger partial charge on any atom is 0.407 e. The van der Waals surface area contributed by atoms with E-state index in [4.69, 9.17) is 10.8 Å². The Hall–Kier alpha value is -2.93. The van der Waals surface area contributed by atoms with Crippen molar-refractivity contribution in [2.75, 3.05) is 26.2 Å². The summed E-state index contributed by atoms with van der Waals surface area (Å²) in [5, 5.41) is 9.17. The topological polar surface area (TPSA) is 99.8 Å². The van der Waals surface area contributed by atoms with Crippen molar-refractivity contribution in [2.24, 2.45) is 11.1 Å². The molecule has 1 aromatic carbocycles. The zero-order valence-electron chi connectivity index (χ0n) is 16.9. The number of amides is 2. The third kappa shape index (κ3) is 3.23. The summed E-state index contributed by atoms with van der Waals surface area (Å²) >= 11 is 0. The van der Waals surface area contributed by atoms with Crippen molar-refractivity contribution in [1.82, 2.24) is 14.8 Å². The average molecular weight is 406 g/mol. The van der Waals surface area contributed by atoms with Gasteiger partial charge in [0.1, 0.15) is 5.69 Å². The summed E-state index contributed by atoms with van der Waals surface area (Å²) in [5.74, 6) is -0.515. The normalized spacial score (nSPS) is 22.5. The second-order valence-corrected chi connectivity index (χ2v) is 8.94. The molecule has 2 aliphatic heterocycles. The first-order valence-corrected chi connectivity index (χ1v) is 10.6. The summed E-state index contributed by atoms with van der Waals surface area (Å²) in [6, 6.07) is 10.7. The van der Waals surface area contributed by atoms with Gasteiger partial charge in [-0.2, -0.15) is 0 Å². The van der Waals surface area contributed by atoms with E-state index in [9.17, 15) is 9.59 Å². The van der Waals surface area contributed by atoms with Crippen LogP contribution >= 0.6 is 0 Å². The Balaban J connectivity index is 1.26. The standard InChI is InChI=1S/C23H26N4O3/c24-21(28)19-5-2-17(12-25-19)15-1-4-18-16(11-15)3-6-20(18)27-13-23(14-27)7-9-26(10-8-23)22(29)30/h1-2,4-5,11-12,20H,3,6-10,13-14H2,(H2,24,28)(H,29,30)/t20-/m1/s1. The van der Waals surface area contributed by atoms with Crippen LogP contribution in [0.4, 0.5) is 4.79 Å². The number of nitrogens with zero attached hydrogens (tertiary/aromatic N) is 3. The van der Waals surface area contributed by atoms with Gasteiger partial charge < -0.3 is 15.7 Å². The number of carbonyl (C=O) groups excluding carboxylic acids is 1. The second kappa shape index (κ2) is 7.09. The van der Waals surface area contributed by atoms with Gasteiger partial charge in [0.15, 0.2) is 0 Å². The minimum absolute atomic E-state index is 0.279. The number of rotatable bonds is 3. The lowest BCUT2D eigenvalue weighted by atomic mass is 9.71. The van der Waals surface area contributed by atoms with Crippen molar-refractivity contribution in [3.63, 3.8) is 0 Å². The molecule has 0 saturated carbocycles. The van der Waals surface area contributed by atoms with Gasteiger partial charge >= 0.3 is 6.09 Å². The SMILES string of the molecule is NC(=O)c1ccc(-c2ccc3c(c2)CC[C@H]3N2CC3(CCN(C(=O)O)CC3)C2)cn1. The Morgan fingerprint density at radius 3 is 2.47 bits per heavy atom. The molecule has 2 saturated heterocycles. The lowest BCUT2D eigenvalue weighted by Gasteiger charge is -2.56. The van der Waals surface area contributed by atoms with E-state index < -0.39 is 12.0 Å². The van der Waals surface area contributed by atoms with Crippen molar-refractivity contribution < 1.29 is 14.7 Å². The largest absolute Gasteiger partial charge is 0.465 e. The molecule has 0 radical (unpaired) electrons. The van der Waals surface area contributed by atoms with Crippen molar-refractivity contribution in [3.8, 4) is 11.1 Å². The third-order valence-electron chi connectivity index (χ3n) is 7.15. The van der Waals surface area contributed by atoms with Crippen LogP contribution in [-0.2, 0) is 6.42 Å². The van der Waals surface area contributed by atoms with Gasteiger partial charge in [-0.05, 0) is 53.9 Å². The number of carboxylic acid groups (broad SMARTS) is 1. The molecule has 3 N–H and O–H groups in total. The maximum atomic E-state index is 11.2. The molecule has 7 nitrogen and oxygen atoms in total. The van der Waals surface area contributed by atoms with Gasteiger partial charge in [-0.1, -0.05) is 24.3 Å². The van der Waals surface area contributed by atoms with Crippen molar-refractivity contribution in [3.05, 3.63) is 53.3 Å². The first-order valence-electron chi connectivity index (χ1n) is 10.6. The number of aromatic nitrogens is 1. The van der Waals surface area contributed by atoms with Crippen LogP contribution in [0.3, 0.4) is 0 Å². The lowest BCUT2D eigenvalue weighted by molar-refractivity contribution is -0.0664. The van der Waals surface area contributed by atoms with E-state index in [0.29, 0.717) is 24.5 Å². The summed E-state index contributed by atoms with van der Waals surface area (Å²) in [4.78, 5) is 30.6. The van der Waals surface area contributed by atoms with E-state index in [0.717, 1.165) is 49.9 Å². The number of fused-ring (bicyclic) bond motifs is 1. The van der Waals surface area contributed by atoms with Crippen molar-refractivity contribution >= 4 is 12.0 Å². The van der Waals surface area contributed by atoms with Crippen LogP contribution in [0.1, 0.15) is 46.9 Å². The molecular weight excluding hydrogens is 380 g/mol. The van der Waals surface area contributed by atoms with Crippen LogP contribution in [0.15, 0.2) is 36.5 Å². The van der Waals surface area contributed by atoms with Gasteiger partial charge in [-0.25, -0.2) is 4.79 Å². The molecule has 3 aliphatic rings. The Morgan fingerprint density at radius 1 is 1.10 bits per heavy atom. The first-order chi connectivity index (χ1) is 14.4. The zero-order valence-corrected chi connectivity index (χ0v) is 16.9. The minimum Gasteiger partial charge on any atom is -0.465 e. The number of likely N-dealkylation sites (tertiary alicyclic amines) is 2. The summed E-state index contributed by atoms with van der Waals surface area (Å²) in [6.07, 6.45) is 5.06. The number of hydrogen-bond donors (Lipinski definition) is 2. The maximum absolute atomic E-state index is 11.2. The van der Waals surface area contributed by atoms with Crippen LogP contribution in [0.2, 0.25) is 0 Å². The summed E-state index contributed by atoms with van der Waals surface area (Å²) < 4.78 is 0. The number of nitrogens with two attached hydrogens (primary N) is 1. The lowest BCUT2D eigenvalue weighted by Crippen LogP contribution is -2.61. The smallest absolute Gasteiger partial charge is 0.407 e. The predicted molar refractivity (Wildman–Crippen MR) is 112 cm³/mol. The summed E-state index contributed by atoms with van der Waals surface area (Å²) in [6.45, 7) is 3.47. The molecule has 0 unspecified atom stereocenters. The van der Waals surface area contributed by atoms with E-state index >= 15 is 0 Å². The monoisotopic (exact) mass is 406 g/mol. The number of primary amides is 1. The molecule has 2 aromatic rings. The Labute approximate surface area is 175 Å². The van der Waals surface area contributed by atoms with Crippen LogP contribution < -0.4 is 5.73 Å². The summed E-state index contributed by atoms with van der Waals surface area (Å²) in [5.41, 5.74) is 10.8. The number of benzene rings is 1. The van der Waals surface area contributed by atoms with Gasteiger partial charge in [0.2, 0.25) is 0 Å². The molecule has 1 aromatic heterocycles. The van der Waals surface area contributed by atoms with Crippen molar-refractivity contribution in [1.29, 1.82) is 0 Å². The van der Waals surface area contributed by atoms with E-state index in [1.165, 1.54) is 11.1 Å². The first kappa shape index (κ1) is 19.1. The average Bonchev–Trinajstić information content (AvgIpc) is 3.15. The molecule has 2 fully saturated rings. The van der Waals surface area contributed by atoms with Gasteiger partial charge in [-0.3, -0.25) is 14.7 Å². The fourth-order valence-corrected chi connectivity index (χ4v) is 5.39.